The summed E-state index contributed by atoms with van der Waals surface area (Å²) in [6.07, 6.45) is -41.9. The van der Waals surface area contributed by atoms with Crippen LogP contribution in [0.5, 0.6) is 0 Å². The van der Waals surface area contributed by atoms with Crippen LogP contribution in [0, 0.1) is 0 Å². The van der Waals surface area contributed by atoms with Crippen molar-refractivity contribution in [2.45, 2.75) is 178 Å². The molecule has 30 heteroatoms. The van der Waals surface area contributed by atoms with E-state index in [2.05, 4.69) is 46.1 Å². The summed E-state index contributed by atoms with van der Waals surface area (Å²) in [7, 11) is 0. The van der Waals surface area contributed by atoms with E-state index in [1.807, 2.05) is 0 Å². The maximum absolute atomic E-state index is 13.4. The fraction of sp³-hybridized carbons (Fsp3) is 0.582. The number of esters is 8. The van der Waals surface area contributed by atoms with Gasteiger partial charge in [0.05, 0.1) is 6.61 Å². The van der Waals surface area contributed by atoms with Gasteiger partial charge >= 0.3 is 47.8 Å². The molecule has 8 unspecified atom stereocenters. The normalized spacial score (nSPS) is 32.5. The average molecular weight is 1210 g/mol. The molecule has 4 heterocycles. The Bertz CT molecular complexity index is 2620. The number of hydrogen-bond donors (Lipinski definition) is 6. The van der Waals surface area contributed by atoms with Crippen molar-refractivity contribution in [3.63, 3.8) is 0 Å². The van der Waals surface area contributed by atoms with Gasteiger partial charge in [-0.1, -0.05) is 46.1 Å². The number of hydrogen-bond acceptors (Lipinski definition) is 30. The first kappa shape index (κ1) is 70.6. The number of carbonyl (C=O) groups is 9. The molecule has 4 aliphatic heterocycles. The van der Waals surface area contributed by atoms with Crippen LogP contribution in [0.1, 0.15) is 55.4 Å². The number of aliphatic hydroxyl groups is 6. The van der Waals surface area contributed by atoms with Crippen LogP contribution in [0.4, 0.5) is 0 Å². The summed E-state index contributed by atoms with van der Waals surface area (Å²) in [5.74, 6) is -10.7. The maximum Gasteiger partial charge on any atom is 0.374 e. The lowest BCUT2D eigenvalue weighted by Crippen LogP contribution is -2.68. The fourth-order valence-electron chi connectivity index (χ4n) is 7.98. The maximum atomic E-state index is 13.4. The molecule has 4 aliphatic rings. The number of aliphatic hydroxyl groups excluding tert-OH is 6. The second kappa shape index (κ2) is 30.9. The van der Waals surface area contributed by atoms with Crippen LogP contribution in [-0.4, -0.2) is 233 Å². The minimum absolute atomic E-state index is 0.0900. The van der Waals surface area contributed by atoms with Crippen molar-refractivity contribution in [2.24, 2.45) is 0 Å². The average Bonchev–Trinajstić information content (AvgIpc) is 2.37. The van der Waals surface area contributed by atoms with Gasteiger partial charge in [-0.05, 0) is 48.5 Å². The van der Waals surface area contributed by atoms with E-state index >= 15 is 0 Å². The smallest absolute Gasteiger partial charge is 0.374 e. The van der Waals surface area contributed by atoms with Crippen molar-refractivity contribution in [2.75, 3.05) is 26.4 Å². The van der Waals surface area contributed by atoms with Crippen molar-refractivity contribution in [1.82, 2.24) is 0 Å². The molecule has 0 saturated carbocycles. The van der Waals surface area contributed by atoms with E-state index in [9.17, 15) is 73.8 Å². The molecule has 0 aromatic rings. The van der Waals surface area contributed by atoms with E-state index in [1.165, 1.54) is 48.5 Å². The third-order valence-corrected chi connectivity index (χ3v) is 12.6. The van der Waals surface area contributed by atoms with Gasteiger partial charge in [0.2, 0.25) is 12.1 Å². The lowest BCUT2D eigenvalue weighted by molar-refractivity contribution is -0.387. The molecule has 0 aromatic heterocycles. The third kappa shape index (κ3) is 18.3. The lowest BCUT2D eigenvalue weighted by Gasteiger charge is -2.50. The van der Waals surface area contributed by atoms with Crippen LogP contribution in [0.25, 0.3) is 0 Å². The Hall–Kier alpha value is -6.91. The highest BCUT2D eigenvalue weighted by Gasteiger charge is 2.59. The van der Waals surface area contributed by atoms with E-state index in [1.54, 1.807) is 0 Å². The Kier molecular flexibility index (Phi) is 25.7. The summed E-state index contributed by atoms with van der Waals surface area (Å²) in [6.45, 7) is 30.2. The summed E-state index contributed by atoms with van der Waals surface area (Å²) in [4.78, 5) is 116. The SMILES string of the molecule is C=C(C)C(=O)OCC1O[C@@H](O[C@H]2C(O)C(OC(=O)C(C)=O)[C@H](O[C@@H]3C(COC(=O)C(=C)C)O[C@@H](O[C@H]4C(O)C(OC(=O)C(=C)C)[C@H](OC(=O)C(=C)C)O[C@H]4CO)[C@@H](OC(=O)C(=C)C)C3O)O[C@H]2COC(=O)C(=C)C)[C@@H](O)C(OC(=O)C(=C)C)[C@@H]1O. The summed E-state index contributed by atoms with van der Waals surface area (Å²) in [5, 5.41) is 70.3. The summed E-state index contributed by atoms with van der Waals surface area (Å²) in [6, 6.07) is 0. The molecule has 0 radical (unpaired) electrons. The predicted octanol–water partition coefficient (Wildman–Crippen LogP) is -1.72. The Labute approximate surface area is 487 Å². The molecule has 85 heavy (non-hydrogen) atoms. The van der Waals surface area contributed by atoms with Crippen LogP contribution in [0.3, 0.4) is 0 Å². The van der Waals surface area contributed by atoms with Crippen molar-refractivity contribution in [3.8, 4) is 0 Å². The molecular formula is C55H72O30. The number of ketones is 1. The molecule has 20 atom stereocenters. The lowest BCUT2D eigenvalue weighted by atomic mass is 9.95. The molecule has 4 fully saturated rings. The first-order chi connectivity index (χ1) is 39.6. The van der Waals surface area contributed by atoms with Crippen molar-refractivity contribution in [3.05, 3.63) is 85.1 Å². The van der Waals surface area contributed by atoms with Crippen molar-refractivity contribution in [1.29, 1.82) is 0 Å². The van der Waals surface area contributed by atoms with E-state index in [0.717, 1.165) is 6.92 Å². The van der Waals surface area contributed by atoms with E-state index in [-0.39, 0.29) is 39.0 Å². The van der Waals surface area contributed by atoms with Gasteiger partial charge in [0.15, 0.2) is 43.3 Å². The molecule has 0 bridgehead atoms. The summed E-state index contributed by atoms with van der Waals surface area (Å²) >= 11 is 0. The molecular weight excluding hydrogens is 1140 g/mol. The van der Waals surface area contributed by atoms with Gasteiger partial charge in [0.1, 0.15) is 93.1 Å². The largest absolute Gasteiger partial charge is 0.459 e. The van der Waals surface area contributed by atoms with Crippen LogP contribution >= 0.6 is 0 Å². The number of ether oxygens (including phenoxy) is 15. The summed E-state index contributed by atoms with van der Waals surface area (Å²) < 4.78 is 85.4. The molecule has 0 aliphatic carbocycles. The number of Topliss-reactive ketones (excluding diaryl/α,β-unsaturated/α-hetero) is 1. The van der Waals surface area contributed by atoms with Gasteiger partial charge < -0.3 is 102 Å². The molecule has 472 valence electrons. The molecule has 6 N–H and O–H groups in total. The minimum Gasteiger partial charge on any atom is -0.459 e. The molecule has 0 amide bonds. The Balaban J connectivity index is 1.88. The van der Waals surface area contributed by atoms with E-state index in [0.29, 0.717) is 0 Å². The molecule has 30 nitrogen and oxygen atoms in total. The molecule has 4 saturated heterocycles. The Morgan fingerprint density at radius 3 is 0.953 bits per heavy atom. The zero-order valence-electron chi connectivity index (χ0n) is 47.8. The molecule has 4 rings (SSSR count). The van der Waals surface area contributed by atoms with Gasteiger partial charge in [-0.3, -0.25) is 4.79 Å². The zero-order chi connectivity index (χ0) is 64.2. The first-order valence-electron chi connectivity index (χ1n) is 25.9. The van der Waals surface area contributed by atoms with Gasteiger partial charge in [-0.2, -0.15) is 0 Å². The number of carbonyl (C=O) groups excluding carboxylic acids is 9. The van der Waals surface area contributed by atoms with Crippen LogP contribution < -0.4 is 0 Å². The van der Waals surface area contributed by atoms with Gasteiger partial charge in [-0.25, -0.2) is 38.4 Å². The third-order valence-electron chi connectivity index (χ3n) is 12.6. The summed E-state index contributed by atoms with van der Waals surface area (Å²) in [5.41, 5.74) is -1.35. The highest BCUT2D eigenvalue weighted by Crippen LogP contribution is 2.38. The standard InChI is InChI=1S/C55H72O30/c1-20(2)44(63)71-17-29-32(58)40(78-47(66)23(7)8)36(62)52(75-29)82-38-30(18-72-45(64)21(3)4)76-54(42(34(38)60)81-51(70)27(15)57)84-39-31(19-73-46(65)22(5)6)77-53(41(35(39)61)79-48(67)24(9)10)83-37-28(16-56)74-55(85-50(69)26(13)14)43(33(37)59)80-49(68)25(11)12/h28-43,52-56,58-62H,1,3,5,7,9,11,13,16-19H2,2,4,6,8,10,12,14-15H3/t28-,29?,30-,31?,32+,33?,34?,35?,36-,37+,38+,39+,40?,41-,42?,43?,52-,53-,54-,55-/m0/s1. The first-order valence-corrected chi connectivity index (χ1v) is 25.9. The van der Waals surface area contributed by atoms with Gasteiger partial charge in [-0.15, -0.1) is 0 Å². The Morgan fingerprint density at radius 2 is 0.600 bits per heavy atom. The highest BCUT2D eigenvalue weighted by molar-refractivity contribution is 6.32. The van der Waals surface area contributed by atoms with Gasteiger partial charge in [0.25, 0.3) is 0 Å². The molecule has 0 aromatic carbocycles. The Morgan fingerprint density at radius 1 is 0.318 bits per heavy atom. The topological polar surface area (TPSA) is 413 Å². The zero-order valence-corrected chi connectivity index (χ0v) is 47.8. The second-order valence-corrected chi connectivity index (χ2v) is 20.3. The highest BCUT2D eigenvalue weighted by atomic mass is 16.8. The monoisotopic (exact) mass is 1210 g/mol. The van der Waals surface area contributed by atoms with E-state index < -0.39 is 203 Å². The van der Waals surface area contributed by atoms with Crippen molar-refractivity contribution < 1.29 is 145 Å². The van der Waals surface area contributed by atoms with Gasteiger partial charge in [0, 0.05) is 45.9 Å². The fourth-order valence-corrected chi connectivity index (χ4v) is 7.98. The van der Waals surface area contributed by atoms with Crippen LogP contribution in [0.15, 0.2) is 85.1 Å². The predicted molar refractivity (Wildman–Crippen MR) is 279 cm³/mol. The molecule has 0 spiro atoms. The van der Waals surface area contributed by atoms with E-state index in [4.69, 9.17) is 71.1 Å². The minimum atomic E-state index is -2.42. The number of rotatable bonds is 26. The van der Waals surface area contributed by atoms with Crippen molar-refractivity contribution >= 4 is 53.5 Å². The second-order valence-electron chi connectivity index (χ2n) is 20.3. The quantitative estimate of drug-likeness (QED) is 0.0243. The van der Waals surface area contributed by atoms with Crippen LogP contribution in [0.2, 0.25) is 0 Å². The van der Waals surface area contributed by atoms with Crippen LogP contribution in [-0.2, 0) is 114 Å².